The Morgan fingerprint density at radius 1 is 1.39 bits per heavy atom. The molecule has 0 saturated carbocycles. The third-order valence-electron chi connectivity index (χ3n) is 2.97. The first-order valence-electron chi connectivity index (χ1n) is 5.57. The number of carbonyl (C=O) groups excluding carboxylic acids is 1. The second-order valence-corrected chi connectivity index (χ2v) is 4.39. The van der Waals surface area contributed by atoms with Gasteiger partial charge in [0.2, 0.25) is 0 Å². The molecule has 6 heteroatoms. The zero-order chi connectivity index (χ0) is 11.7. The summed E-state index contributed by atoms with van der Waals surface area (Å²) in [5, 5.41) is 0. The number of rotatable bonds is 1. The number of halogens is 2. The predicted octanol–water partition coefficient (Wildman–Crippen LogP) is 1.72. The summed E-state index contributed by atoms with van der Waals surface area (Å²) in [7, 11) is 0. The third kappa shape index (κ3) is 3.57. The van der Waals surface area contributed by atoms with Gasteiger partial charge in [-0.2, -0.15) is 0 Å². The van der Waals surface area contributed by atoms with Crippen LogP contribution in [0.2, 0.25) is 0 Å². The molecule has 0 spiro atoms. The summed E-state index contributed by atoms with van der Waals surface area (Å²) in [4.78, 5) is 18.3. The van der Waals surface area contributed by atoms with E-state index in [1.54, 1.807) is 0 Å². The molecule has 1 aliphatic heterocycles. The maximum atomic E-state index is 12.2. The second kappa shape index (κ2) is 6.92. The summed E-state index contributed by atoms with van der Waals surface area (Å²) >= 11 is 0. The largest absolute Gasteiger partial charge is 0.337 e. The fourth-order valence-electron chi connectivity index (χ4n) is 2.05. The Hall–Kier alpha value is -0.840. The maximum absolute atomic E-state index is 12.2. The van der Waals surface area contributed by atoms with Crippen LogP contribution >= 0.6 is 24.8 Å². The fraction of sp³-hybridized carbons (Fsp3) is 0.500. The van der Waals surface area contributed by atoms with Crippen molar-refractivity contribution in [3.05, 3.63) is 29.1 Å². The van der Waals surface area contributed by atoms with E-state index in [2.05, 4.69) is 4.98 Å². The molecule has 102 valence electrons. The van der Waals surface area contributed by atoms with Gasteiger partial charge in [0, 0.05) is 24.8 Å². The van der Waals surface area contributed by atoms with E-state index in [1.165, 1.54) is 0 Å². The van der Waals surface area contributed by atoms with E-state index in [9.17, 15) is 4.79 Å². The number of amides is 1. The summed E-state index contributed by atoms with van der Waals surface area (Å²) in [5.74, 6) is 0.0537. The van der Waals surface area contributed by atoms with Crippen LogP contribution < -0.4 is 5.73 Å². The molecule has 1 saturated heterocycles. The molecule has 1 fully saturated rings. The topological polar surface area (TPSA) is 59.2 Å². The van der Waals surface area contributed by atoms with Crippen LogP contribution in [0.15, 0.2) is 12.1 Å². The van der Waals surface area contributed by atoms with E-state index >= 15 is 0 Å². The van der Waals surface area contributed by atoms with Gasteiger partial charge in [-0.1, -0.05) is 0 Å². The van der Waals surface area contributed by atoms with Gasteiger partial charge in [-0.05, 0) is 32.4 Å². The van der Waals surface area contributed by atoms with Crippen molar-refractivity contribution in [3.8, 4) is 0 Å². The second-order valence-electron chi connectivity index (χ2n) is 4.39. The third-order valence-corrected chi connectivity index (χ3v) is 2.97. The molecule has 18 heavy (non-hydrogen) atoms. The number of nitrogens with two attached hydrogens (primary N) is 1. The van der Waals surface area contributed by atoms with Crippen molar-refractivity contribution in [1.29, 1.82) is 0 Å². The summed E-state index contributed by atoms with van der Waals surface area (Å²) in [6, 6.07) is 3.85. The Labute approximate surface area is 120 Å². The minimum atomic E-state index is 0. The molecule has 1 amide bonds. The average molecular weight is 292 g/mol. The van der Waals surface area contributed by atoms with Crippen molar-refractivity contribution >= 4 is 30.7 Å². The summed E-state index contributed by atoms with van der Waals surface area (Å²) < 4.78 is 0. The highest BCUT2D eigenvalue weighted by Crippen LogP contribution is 2.14. The normalized spacial score (nSPS) is 17.9. The Kier molecular flexibility index (Phi) is 6.60. The summed E-state index contributed by atoms with van der Waals surface area (Å²) in [6.45, 7) is 5.21. The fourth-order valence-corrected chi connectivity index (χ4v) is 2.05. The van der Waals surface area contributed by atoms with Gasteiger partial charge in [0.1, 0.15) is 0 Å². The van der Waals surface area contributed by atoms with Crippen LogP contribution in [0.5, 0.6) is 0 Å². The molecule has 1 aromatic heterocycles. The lowest BCUT2D eigenvalue weighted by molar-refractivity contribution is 0.0789. The lowest BCUT2D eigenvalue weighted by Gasteiger charge is -2.16. The standard InChI is InChI=1S/C12H17N3O.2ClH/c1-8-3-4-11(9(2)14-8)12(16)15-6-5-10(13)7-15;;/h3-4,10H,5-7,13H2,1-2H3;2*1H/t10-;;/m1../s1. The van der Waals surface area contributed by atoms with Crippen molar-refractivity contribution in [2.75, 3.05) is 13.1 Å². The highest BCUT2D eigenvalue weighted by atomic mass is 35.5. The number of hydrogen-bond acceptors (Lipinski definition) is 3. The number of hydrogen-bond donors (Lipinski definition) is 1. The lowest BCUT2D eigenvalue weighted by Crippen LogP contribution is -2.32. The van der Waals surface area contributed by atoms with E-state index < -0.39 is 0 Å². The maximum Gasteiger partial charge on any atom is 0.255 e. The zero-order valence-electron chi connectivity index (χ0n) is 10.5. The first-order valence-corrected chi connectivity index (χ1v) is 5.57. The average Bonchev–Trinajstić information content (AvgIpc) is 2.64. The van der Waals surface area contributed by atoms with E-state index in [0.29, 0.717) is 12.1 Å². The van der Waals surface area contributed by atoms with E-state index in [-0.39, 0.29) is 36.8 Å². The number of pyridine rings is 1. The van der Waals surface area contributed by atoms with Crippen LogP contribution in [0, 0.1) is 13.8 Å². The van der Waals surface area contributed by atoms with Crippen LogP contribution in [0.25, 0.3) is 0 Å². The predicted molar refractivity (Wildman–Crippen MR) is 76.7 cm³/mol. The van der Waals surface area contributed by atoms with E-state index in [0.717, 1.165) is 24.4 Å². The Morgan fingerprint density at radius 3 is 2.56 bits per heavy atom. The number of aryl methyl sites for hydroxylation is 2. The molecule has 0 aliphatic carbocycles. The summed E-state index contributed by atoms with van der Waals surface area (Å²) in [6.07, 6.45) is 0.893. The lowest BCUT2D eigenvalue weighted by atomic mass is 10.1. The van der Waals surface area contributed by atoms with Gasteiger partial charge in [-0.15, -0.1) is 24.8 Å². The Morgan fingerprint density at radius 2 is 2.06 bits per heavy atom. The highest BCUT2D eigenvalue weighted by molar-refractivity contribution is 5.95. The molecule has 4 nitrogen and oxygen atoms in total. The molecule has 0 unspecified atom stereocenters. The molecular weight excluding hydrogens is 273 g/mol. The minimum Gasteiger partial charge on any atom is -0.337 e. The molecular formula is C12H19Cl2N3O. The van der Waals surface area contributed by atoms with E-state index in [1.807, 2.05) is 30.9 Å². The zero-order valence-corrected chi connectivity index (χ0v) is 12.2. The van der Waals surface area contributed by atoms with Crippen molar-refractivity contribution in [3.63, 3.8) is 0 Å². The number of likely N-dealkylation sites (tertiary alicyclic amines) is 1. The van der Waals surface area contributed by atoms with Crippen molar-refractivity contribution < 1.29 is 4.79 Å². The quantitative estimate of drug-likeness (QED) is 0.857. The molecule has 0 bridgehead atoms. The first kappa shape index (κ1) is 17.2. The van der Waals surface area contributed by atoms with Crippen molar-refractivity contribution in [2.24, 2.45) is 5.73 Å². The molecule has 1 aliphatic rings. The number of carbonyl (C=O) groups is 1. The van der Waals surface area contributed by atoms with Gasteiger partial charge in [0.15, 0.2) is 0 Å². The first-order chi connectivity index (χ1) is 7.58. The molecule has 2 N–H and O–H groups in total. The van der Waals surface area contributed by atoms with Gasteiger partial charge in [-0.3, -0.25) is 9.78 Å². The van der Waals surface area contributed by atoms with Gasteiger partial charge in [0.25, 0.3) is 5.91 Å². The monoisotopic (exact) mass is 291 g/mol. The van der Waals surface area contributed by atoms with Gasteiger partial charge in [0.05, 0.1) is 11.3 Å². The molecule has 2 rings (SSSR count). The highest BCUT2D eigenvalue weighted by Gasteiger charge is 2.25. The number of aromatic nitrogens is 1. The minimum absolute atomic E-state index is 0. The summed E-state index contributed by atoms with van der Waals surface area (Å²) in [5.41, 5.74) is 8.22. The SMILES string of the molecule is Cc1ccc(C(=O)N2CC[C@@H](N)C2)c(C)n1.Cl.Cl. The van der Waals surface area contributed by atoms with Crippen LogP contribution in [0.1, 0.15) is 28.2 Å². The molecule has 2 heterocycles. The van der Waals surface area contributed by atoms with E-state index in [4.69, 9.17) is 5.73 Å². The van der Waals surface area contributed by atoms with Crippen LogP contribution in [0.3, 0.4) is 0 Å². The molecule has 0 aromatic carbocycles. The molecule has 0 radical (unpaired) electrons. The van der Waals surface area contributed by atoms with Gasteiger partial charge in [-0.25, -0.2) is 0 Å². The molecule has 1 atom stereocenters. The van der Waals surface area contributed by atoms with Gasteiger partial charge >= 0.3 is 0 Å². The Bertz CT molecular complexity index is 426. The molecule has 1 aromatic rings. The van der Waals surface area contributed by atoms with Crippen LogP contribution in [0.4, 0.5) is 0 Å². The van der Waals surface area contributed by atoms with Gasteiger partial charge < -0.3 is 10.6 Å². The number of nitrogens with zero attached hydrogens (tertiary/aromatic N) is 2. The van der Waals surface area contributed by atoms with Crippen LogP contribution in [-0.2, 0) is 0 Å². The Balaban J connectivity index is 0.00000144. The van der Waals surface area contributed by atoms with Crippen LogP contribution in [-0.4, -0.2) is 34.9 Å². The van der Waals surface area contributed by atoms with Crippen molar-refractivity contribution in [2.45, 2.75) is 26.3 Å². The smallest absolute Gasteiger partial charge is 0.255 e. The van der Waals surface area contributed by atoms with Crippen molar-refractivity contribution in [1.82, 2.24) is 9.88 Å².